The average Bonchev–Trinajstić information content (AvgIpc) is 2.55. The van der Waals surface area contributed by atoms with Crippen molar-refractivity contribution in [2.45, 2.75) is 24.7 Å². The molecule has 0 bridgehead atoms. The summed E-state index contributed by atoms with van der Waals surface area (Å²) in [5, 5.41) is -0.270. The largest absolute Gasteiger partial charge is 0.481 e. The molecule has 0 unspecified atom stereocenters. The number of methoxy groups -OCH3 is 1. The molecule has 0 fully saturated rings. The monoisotopic (exact) mass is 350 g/mol. The van der Waals surface area contributed by atoms with Gasteiger partial charge in [0.25, 0.3) is 5.56 Å². The van der Waals surface area contributed by atoms with Gasteiger partial charge in [0.15, 0.2) is 0 Å². The zero-order valence-electron chi connectivity index (χ0n) is 13.4. The summed E-state index contributed by atoms with van der Waals surface area (Å²) in [6, 6.07) is 3.76. The quantitative estimate of drug-likeness (QED) is 0.782. The summed E-state index contributed by atoms with van der Waals surface area (Å²) < 4.78 is 28.4. The van der Waals surface area contributed by atoms with Crippen molar-refractivity contribution in [3.63, 3.8) is 0 Å². The Hall–Kier alpha value is -2.26. The average molecular weight is 350 g/mol. The van der Waals surface area contributed by atoms with Crippen molar-refractivity contribution in [1.82, 2.24) is 19.9 Å². The molecule has 1 N–H and O–H groups in total. The number of aromatic amines is 1. The van der Waals surface area contributed by atoms with Crippen LogP contribution in [0.15, 0.2) is 28.3 Å². The second-order valence-corrected chi connectivity index (χ2v) is 7.63. The van der Waals surface area contributed by atoms with E-state index in [1.807, 2.05) is 12.1 Å². The van der Waals surface area contributed by atoms with Gasteiger partial charge in [0.05, 0.1) is 18.4 Å². The highest BCUT2D eigenvalue weighted by Gasteiger charge is 2.24. The number of aromatic nitrogens is 3. The third kappa shape index (κ3) is 3.31. The van der Waals surface area contributed by atoms with Crippen molar-refractivity contribution in [1.29, 1.82) is 0 Å². The van der Waals surface area contributed by atoms with Crippen molar-refractivity contribution in [3.8, 4) is 5.88 Å². The van der Waals surface area contributed by atoms with E-state index >= 15 is 0 Å². The molecule has 2 aromatic heterocycles. The fourth-order valence-electron chi connectivity index (χ4n) is 2.74. The van der Waals surface area contributed by atoms with Crippen molar-refractivity contribution in [2.75, 3.05) is 19.9 Å². The minimum atomic E-state index is -3.53. The first-order valence-corrected chi connectivity index (χ1v) is 9.30. The van der Waals surface area contributed by atoms with Crippen LogP contribution >= 0.6 is 0 Å². The minimum Gasteiger partial charge on any atom is -0.481 e. The molecular weight excluding hydrogens is 332 g/mol. The highest BCUT2D eigenvalue weighted by atomic mass is 32.2. The zero-order valence-corrected chi connectivity index (χ0v) is 14.3. The van der Waals surface area contributed by atoms with Crippen LogP contribution in [-0.2, 0) is 29.3 Å². The summed E-state index contributed by atoms with van der Waals surface area (Å²) in [7, 11) is -1.97. The lowest BCUT2D eigenvalue weighted by atomic mass is 10.1. The fourth-order valence-corrected chi connectivity index (χ4v) is 3.29. The lowest BCUT2D eigenvalue weighted by molar-refractivity contribution is 0.236. The van der Waals surface area contributed by atoms with E-state index in [2.05, 4.69) is 19.9 Å². The normalized spacial score (nSPS) is 15.1. The van der Waals surface area contributed by atoms with Crippen LogP contribution in [0.25, 0.3) is 0 Å². The molecule has 9 heteroatoms. The lowest BCUT2D eigenvalue weighted by Gasteiger charge is -2.27. The number of sulfone groups is 1. The Labute approximate surface area is 139 Å². The molecule has 0 amide bonds. The molecule has 0 aliphatic carbocycles. The van der Waals surface area contributed by atoms with E-state index < -0.39 is 15.4 Å². The Morgan fingerprint density at radius 2 is 2.21 bits per heavy atom. The number of rotatable bonds is 4. The second kappa shape index (κ2) is 6.33. The molecule has 3 rings (SSSR count). The van der Waals surface area contributed by atoms with Crippen LogP contribution in [0.5, 0.6) is 5.88 Å². The van der Waals surface area contributed by atoms with Gasteiger partial charge in [-0.05, 0) is 6.07 Å². The van der Waals surface area contributed by atoms with Gasteiger partial charge in [-0.25, -0.2) is 18.4 Å². The number of nitrogens with one attached hydrogen (secondary N) is 1. The van der Waals surface area contributed by atoms with Crippen LogP contribution < -0.4 is 10.3 Å². The van der Waals surface area contributed by atoms with E-state index in [9.17, 15) is 13.2 Å². The molecule has 2 aromatic rings. The molecule has 1 aliphatic heterocycles. The Morgan fingerprint density at radius 3 is 2.92 bits per heavy atom. The van der Waals surface area contributed by atoms with E-state index in [0.717, 1.165) is 11.8 Å². The van der Waals surface area contributed by atoms with Gasteiger partial charge in [-0.1, -0.05) is 6.07 Å². The first kappa shape index (κ1) is 16.6. The molecule has 0 spiro atoms. The Balaban J connectivity index is 1.86. The van der Waals surface area contributed by atoms with E-state index in [1.54, 1.807) is 13.3 Å². The van der Waals surface area contributed by atoms with Crippen LogP contribution in [0, 0.1) is 0 Å². The van der Waals surface area contributed by atoms with Gasteiger partial charge in [0.1, 0.15) is 0 Å². The Kier molecular flexibility index (Phi) is 4.37. The van der Waals surface area contributed by atoms with Gasteiger partial charge < -0.3 is 4.74 Å². The highest BCUT2D eigenvalue weighted by molar-refractivity contribution is 7.90. The van der Waals surface area contributed by atoms with Crippen molar-refractivity contribution in [3.05, 3.63) is 45.5 Å². The lowest BCUT2D eigenvalue weighted by Crippen LogP contribution is -2.36. The number of H-pyrrole nitrogens is 1. The second-order valence-electron chi connectivity index (χ2n) is 5.70. The molecule has 128 valence electrons. The standard InChI is InChI=1S/C15H18N4O4S/c1-23-14-10(4-3-6-16-14)8-19-7-5-12-11(9-19)13(20)18-15(17-12)24(2,21)22/h3-4,6H,5,7-9H2,1-2H3,(H,17,18,20). The van der Waals surface area contributed by atoms with Crippen molar-refractivity contribution >= 4 is 9.84 Å². The molecule has 1 aliphatic rings. The third-order valence-electron chi connectivity index (χ3n) is 3.91. The Bertz CT molecular complexity index is 923. The van der Waals surface area contributed by atoms with Gasteiger partial charge in [-0.2, -0.15) is 0 Å². The summed E-state index contributed by atoms with van der Waals surface area (Å²) in [6.07, 6.45) is 3.21. The predicted octanol–water partition coefficient (Wildman–Crippen LogP) is 0.135. The number of pyridine rings is 1. The number of hydrogen-bond donors (Lipinski definition) is 1. The van der Waals surface area contributed by atoms with E-state index in [4.69, 9.17) is 4.74 Å². The van der Waals surface area contributed by atoms with E-state index in [1.165, 1.54) is 0 Å². The molecule has 0 aromatic carbocycles. The molecule has 24 heavy (non-hydrogen) atoms. The predicted molar refractivity (Wildman–Crippen MR) is 86.6 cm³/mol. The third-order valence-corrected chi connectivity index (χ3v) is 4.81. The van der Waals surface area contributed by atoms with Crippen LogP contribution in [-0.4, -0.2) is 48.2 Å². The minimum absolute atomic E-state index is 0.270. The maximum Gasteiger partial charge on any atom is 0.256 e. The van der Waals surface area contributed by atoms with E-state index in [0.29, 0.717) is 43.2 Å². The number of fused-ring (bicyclic) bond motifs is 1. The van der Waals surface area contributed by atoms with Gasteiger partial charge in [-0.3, -0.25) is 14.7 Å². The van der Waals surface area contributed by atoms with Gasteiger partial charge in [0.2, 0.25) is 20.9 Å². The van der Waals surface area contributed by atoms with Crippen LogP contribution in [0.3, 0.4) is 0 Å². The molecule has 3 heterocycles. The molecule has 8 nitrogen and oxygen atoms in total. The van der Waals surface area contributed by atoms with Crippen LogP contribution in [0.2, 0.25) is 0 Å². The maximum atomic E-state index is 12.2. The number of hydrogen-bond acceptors (Lipinski definition) is 7. The molecule has 0 saturated carbocycles. The van der Waals surface area contributed by atoms with Gasteiger partial charge in [-0.15, -0.1) is 0 Å². The van der Waals surface area contributed by atoms with Crippen LogP contribution in [0.4, 0.5) is 0 Å². The SMILES string of the molecule is COc1ncccc1CN1CCc2nc(S(C)(=O)=O)[nH]c(=O)c2C1. The molecule has 0 saturated heterocycles. The number of nitrogens with zero attached hydrogens (tertiary/aromatic N) is 3. The topological polar surface area (TPSA) is 105 Å². The maximum absolute atomic E-state index is 12.2. The Morgan fingerprint density at radius 1 is 1.42 bits per heavy atom. The highest BCUT2D eigenvalue weighted by Crippen LogP contribution is 2.21. The first-order valence-electron chi connectivity index (χ1n) is 7.41. The zero-order chi connectivity index (χ0) is 17.3. The van der Waals surface area contributed by atoms with Crippen molar-refractivity contribution in [2.24, 2.45) is 0 Å². The van der Waals surface area contributed by atoms with E-state index in [-0.39, 0.29) is 5.16 Å². The smallest absolute Gasteiger partial charge is 0.256 e. The molecule has 0 radical (unpaired) electrons. The van der Waals surface area contributed by atoms with Gasteiger partial charge in [0, 0.05) is 44.1 Å². The molecular formula is C15H18N4O4S. The van der Waals surface area contributed by atoms with Crippen molar-refractivity contribution < 1.29 is 13.2 Å². The summed E-state index contributed by atoms with van der Waals surface area (Å²) in [6.45, 7) is 1.66. The molecule has 0 atom stereocenters. The summed E-state index contributed by atoms with van der Waals surface area (Å²) in [5.41, 5.74) is 1.59. The fraction of sp³-hybridized carbons (Fsp3) is 0.400. The summed E-state index contributed by atoms with van der Waals surface area (Å²) >= 11 is 0. The summed E-state index contributed by atoms with van der Waals surface area (Å²) in [4.78, 5) is 25.0. The first-order chi connectivity index (χ1) is 11.4. The van der Waals surface area contributed by atoms with Crippen LogP contribution in [0.1, 0.15) is 16.8 Å². The van der Waals surface area contributed by atoms with Gasteiger partial charge >= 0.3 is 0 Å². The number of ether oxygens (including phenoxy) is 1. The summed E-state index contributed by atoms with van der Waals surface area (Å²) in [5.74, 6) is 0.558.